The number of hydrogen-bond acceptors (Lipinski definition) is 4. The van der Waals surface area contributed by atoms with E-state index in [4.69, 9.17) is 14.8 Å². The summed E-state index contributed by atoms with van der Waals surface area (Å²) in [5.74, 6) is 0. The predicted molar refractivity (Wildman–Crippen MR) is 82.9 cm³/mol. The molecule has 0 aliphatic carbocycles. The van der Waals surface area contributed by atoms with Crippen molar-refractivity contribution in [2.24, 2.45) is 0 Å². The molecule has 5 heteroatoms. The van der Waals surface area contributed by atoms with E-state index in [1.807, 2.05) is 50.2 Å². The lowest BCUT2D eigenvalue weighted by atomic mass is 10.0. The van der Waals surface area contributed by atoms with Gasteiger partial charge in [-0.2, -0.15) is 0 Å². The Labute approximate surface area is 119 Å². The summed E-state index contributed by atoms with van der Waals surface area (Å²) in [6.07, 6.45) is 0.259. The molecule has 2 aromatic rings. The Balaban J connectivity index is 2.43. The van der Waals surface area contributed by atoms with Crippen molar-refractivity contribution in [1.82, 2.24) is 0 Å². The van der Waals surface area contributed by atoms with E-state index in [-0.39, 0.29) is 6.16 Å². The van der Waals surface area contributed by atoms with E-state index in [2.05, 4.69) is 0 Å². The smallest absolute Gasteiger partial charge is 0.335 e. The molecule has 0 unspecified atom stereocenters. The molecule has 0 amide bonds. The van der Waals surface area contributed by atoms with Gasteiger partial charge in [-0.3, -0.25) is 4.57 Å². The third-order valence-corrected chi connectivity index (χ3v) is 5.09. The summed E-state index contributed by atoms with van der Waals surface area (Å²) in [7, 11) is -3.10. The van der Waals surface area contributed by atoms with Crippen molar-refractivity contribution in [2.75, 3.05) is 18.9 Å². The van der Waals surface area contributed by atoms with Crippen LogP contribution in [-0.2, 0) is 19.8 Å². The predicted octanol–water partition coefficient (Wildman–Crippen LogP) is 4.19. The summed E-state index contributed by atoms with van der Waals surface area (Å²) in [4.78, 5) is 0. The van der Waals surface area contributed by atoms with Crippen molar-refractivity contribution in [2.45, 2.75) is 20.0 Å². The third-order valence-electron chi connectivity index (χ3n) is 3.06. The number of nitrogens with two attached hydrogens (primary N) is 1. The lowest BCUT2D eigenvalue weighted by Crippen LogP contribution is -2.00. The van der Waals surface area contributed by atoms with E-state index < -0.39 is 7.60 Å². The number of rotatable bonds is 6. The van der Waals surface area contributed by atoms with Crippen molar-refractivity contribution in [3.8, 4) is 0 Å². The lowest BCUT2D eigenvalue weighted by molar-refractivity contribution is 0.219. The second kappa shape index (κ2) is 6.40. The van der Waals surface area contributed by atoms with Gasteiger partial charge < -0.3 is 14.8 Å². The number of fused-ring (bicyclic) bond motifs is 1. The molecule has 0 saturated heterocycles. The van der Waals surface area contributed by atoms with Crippen LogP contribution in [0.3, 0.4) is 0 Å². The van der Waals surface area contributed by atoms with Gasteiger partial charge in [0.2, 0.25) is 0 Å². The largest absolute Gasteiger partial charge is 0.398 e. The van der Waals surface area contributed by atoms with Crippen LogP contribution in [0.15, 0.2) is 36.4 Å². The SMILES string of the molecule is CCOP(=O)(Cc1ccc(N)c2ccccc12)OCC. The fourth-order valence-corrected chi connectivity index (χ4v) is 3.99. The molecule has 0 saturated carbocycles. The van der Waals surface area contributed by atoms with Crippen LogP contribution >= 0.6 is 7.60 Å². The zero-order chi connectivity index (χ0) is 14.6. The lowest BCUT2D eigenvalue weighted by Gasteiger charge is -2.18. The van der Waals surface area contributed by atoms with Crippen LogP contribution in [-0.4, -0.2) is 13.2 Å². The van der Waals surface area contributed by atoms with Gasteiger partial charge in [0.1, 0.15) is 0 Å². The van der Waals surface area contributed by atoms with E-state index in [0.29, 0.717) is 18.9 Å². The molecular formula is C15H20NO3P. The van der Waals surface area contributed by atoms with Crippen molar-refractivity contribution in [3.63, 3.8) is 0 Å². The van der Waals surface area contributed by atoms with Crippen LogP contribution < -0.4 is 5.73 Å². The van der Waals surface area contributed by atoms with E-state index >= 15 is 0 Å². The van der Waals surface area contributed by atoms with Crippen molar-refractivity contribution in [3.05, 3.63) is 42.0 Å². The Bertz CT molecular complexity index is 632. The molecule has 4 nitrogen and oxygen atoms in total. The van der Waals surface area contributed by atoms with Gasteiger partial charge in [0.25, 0.3) is 0 Å². The molecule has 2 aromatic carbocycles. The van der Waals surface area contributed by atoms with Crippen LogP contribution in [0.2, 0.25) is 0 Å². The minimum atomic E-state index is -3.10. The summed E-state index contributed by atoms with van der Waals surface area (Å²) in [5, 5.41) is 1.96. The molecule has 2 rings (SSSR count). The zero-order valence-corrected chi connectivity index (χ0v) is 12.7. The Kier molecular flexibility index (Phi) is 4.81. The summed E-state index contributed by atoms with van der Waals surface area (Å²) in [5.41, 5.74) is 7.62. The van der Waals surface area contributed by atoms with Crippen molar-refractivity contribution >= 4 is 24.1 Å². The molecule has 0 bridgehead atoms. The maximum Gasteiger partial charge on any atom is 0.335 e. The molecule has 0 spiro atoms. The summed E-state index contributed by atoms with van der Waals surface area (Å²) >= 11 is 0. The Hall–Kier alpha value is -1.35. The van der Waals surface area contributed by atoms with Gasteiger partial charge in [0, 0.05) is 11.1 Å². The third kappa shape index (κ3) is 3.21. The van der Waals surface area contributed by atoms with Crippen LogP contribution in [0, 0.1) is 0 Å². The first kappa shape index (κ1) is 15.0. The summed E-state index contributed by atoms with van der Waals surface area (Å²) < 4.78 is 23.3. The zero-order valence-electron chi connectivity index (χ0n) is 11.8. The average molecular weight is 293 g/mol. The molecule has 20 heavy (non-hydrogen) atoms. The number of benzene rings is 2. The molecule has 0 radical (unpaired) electrons. The van der Waals surface area contributed by atoms with Gasteiger partial charge >= 0.3 is 7.60 Å². The van der Waals surface area contributed by atoms with Crippen LogP contribution in [0.25, 0.3) is 10.8 Å². The quantitative estimate of drug-likeness (QED) is 0.641. The second-order valence-corrected chi connectivity index (χ2v) is 6.52. The first-order chi connectivity index (χ1) is 9.59. The van der Waals surface area contributed by atoms with Crippen LogP contribution in [0.1, 0.15) is 19.4 Å². The Morgan fingerprint density at radius 2 is 1.60 bits per heavy atom. The maximum atomic E-state index is 12.6. The average Bonchev–Trinajstić information content (AvgIpc) is 2.43. The fraction of sp³-hybridized carbons (Fsp3) is 0.333. The van der Waals surface area contributed by atoms with Gasteiger partial charge in [-0.1, -0.05) is 30.3 Å². The van der Waals surface area contributed by atoms with Crippen molar-refractivity contribution in [1.29, 1.82) is 0 Å². The van der Waals surface area contributed by atoms with E-state index in [9.17, 15) is 4.57 Å². The molecule has 0 aromatic heterocycles. The monoisotopic (exact) mass is 293 g/mol. The fourth-order valence-electron chi connectivity index (χ4n) is 2.25. The summed E-state index contributed by atoms with van der Waals surface area (Å²) in [6, 6.07) is 11.5. The van der Waals surface area contributed by atoms with Crippen LogP contribution in [0.5, 0.6) is 0 Å². The van der Waals surface area contributed by atoms with E-state index in [0.717, 1.165) is 16.3 Å². The maximum absolute atomic E-state index is 12.6. The highest BCUT2D eigenvalue weighted by Gasteiger charge is 2.25. The molecule has 108 valence electrons. The van der Waals surface area contributed by atoms with Gasteiger partial charge in [-0.15, -0.1) is 0 Å². The van der Waals surface area contributed by atoms with Crippen molar-refractivity contribution < 1.29 is 13.6 Å². The minimum absolute atomic E-state index is 0.259. The number of nitrogen functional groups attached to an aromatic ring is 1. The first-order valence-corrected chi connectivity index (χ1v) is 8.46. The minimum Gasteiger partial charge on any atom is -0.398 e. The molecule has 2 N–H and O–H groups in total. The first-order valence-electron chi connectivity index (χ1n) is 6.74. The normalized spacial score (nSPS) is 11.9. The molecule has 0 aliphatic heterocycles. The molecular weight excluding hydrogens is 273 g/mol. The van der Waals surface area contributed by atoms with Gasteiger partial charge in [-0.05, 0) is 30.9 Å². The van der Waals surface area contributed by atoms with E-state index in [1.54, 1.807) is 0 Å². The van der Waals surface area contributed by atoms with Gasteiger partial charge in [0.05, 0.1) is 19.4 Å². The highest BCUT2D eigenvalue weighted by molar-refractivity contribution is 7.53. The molecule has 0 atom stereocenters. The highest BCUT2D eigenvalue weighted by atomic mass is 31.2. The Morgan fingerprint density at radius 3 is 2.20 bits per heavy atom. The Morgan fingerprint density at radius 1 is 1.00 bits per heavy atom. The van der Waals surface area contributed by atoms with Crippen LogP contribution in [0.4, 0.5) is 5.69 Å². The number of anilines is 1. The summed E-state index contributed by atoms with van der Waals surface area (Å²) in [6.45, 7) is 4.36. The molecule has 0 aliphatic rings. The van der Waals surface area contributed by atoms with Gasteiger partial charge in [0.15, 0.2) is 0 Å². The standard InChI is InChI=1S/C15H20NO3P/c1-3-18-20(17,19-4-2)11-12-9-10-15(16)14-8-6-5-7-13(12)14/h5-10H,3-4,11,16H2,1-2H3. The highest BCUT2D eigenvalue weighted by Crippen LogP contribution is 2.52. The molecule has 0 heterocycles. The topological polar surface area (TPSA) is 61.5 Å². The molecule has 0 fully saturated rings. The van der Waals surface area contributed by atoms with E-state index in [1.165, 1.54) is 0 Å². The van der Waals surface area contributed by atoms with Gasteiger partial charge in [-0.25, -0.2) is 0 Å². The number of hydrogen-bond donors (Lipinski definition) is 1. The second-order valence-electron chi connectivity index (χ2n) is 4.46.